The van der Waals surface area contributed by atoms with Crippen LogP contribution in [0.15, 0.2) is 42.5 Å². The van der Waals surface area contributed by atoms with Crippen molar-refractivity contribution in [1.29, 1.82) is 0 Å². The van der Waals surface area contributed by atoms with Gasteiger partial charge in [-0.1, -0.05) is 35.3 Å². The van der Waals surface area contributed by atoms with Gasteiger partial charge in [0.25, 0.3) is 0 Å². The highest BCUT2D eigenvalue weighted by atomic mass is 35.5. The number of benzene rings is 2. The summed E-state index contributed by atoms with van der Waals surface area (Å²) in [6.07, 6.45) is 1.08. The molecule has 5 heteroatoms. The molecule has 0 atom stereocenters. The van der Waals surface area contributed by atoms with Gasteiger partial charge in [-0.25, -0.2) is 0 Å². The van der Waals surface area contributed by atoms with Crippen LogP contribution in [0.4, 0.5) is 0 Å². The van der Waals surface area contributed by atoms with Crippen molar-refractivity contribution in [2.24, 2.45) is 0 Å². The first-order chi connectivity index (χ1) is 11.2. The van der Waals surface area contributed by atoms with E-state index < -0.39 is 0 Å². The van der Waals surface area contributed by atoms with Gasteiger partial charge in [-0.3, -0.25) is 0 Å². The standard InChI is InChI=1S/C18H22Cl2N2O/c1-21-8-3-9-22-12-15-11-17(20)6-7-18(15)23-13-14-4-2-5-16(19)10-14/h2,4-7,10-11,21-22H,3,8-9,12-13H2,1H3. The molecule has 2 N–H and O–H groups in total. The maximum absolute atomic E-state index is 6.11. The molecule has 0 spiro atoms. The predicted octanol–water partition coefficient (Wildman–Crippen LogP) is 4.27. The van der Waals surface area contributed by atoms with Crippen LogP contribution in [-0.4, -0.2) is 20.1 Å². The normalized spacial score (nSPS) is 10.7. The second-order valence-electron chi connectivity index (χ2n) is 5.30. The lowest BCUT2D eigenvalue weighted by Gasteiger charge is -2.13. The first kappa shape index (κ1) is 18.1. The lowest BCUT2D eigenvalue weighted by atomic mass is 10.2. The molecule has 3 nitrogen and oxygen atoms in total. The van der Waals surface area contributed by atoms with Gasteiger partial charge in [-0.05, 0) is 62.5 Å². The monoisotopic (exact) mass is 352 g/mol. The van der Waals surface area contributed by atoms with Crippen molar-refractivity contribution in [3.63, 3.8) is 0 Å². The van der Waals surface area contributed by atoms with Gasteiger partial charge < -0.3 is 15.4 Å². The molecule has 0 fully saturated rings. The van der Waals surface area contributed by atoms with Crippen LogP contribution in [0.2, 0.25) is 10.0 Å². The Morgan fingerprint density at radius 2 is 1.83 bits per heavy atom. The molecule has 0 amide bonds. The van der Waals surface area contributed by atoms with Crippen LogP contribution < -0.4 is 15.4 Å². The molecule has 2 rings (SSSR count). The summed E-state index contributed by atoms with van der Waals surface area (Å²) < 4.78 is 5.94. The Morgan fingerprint density at radius 3 is 2.61 bits per heavy atom. The SMILES string of the molecule is CNCCCNCc1cc(Cl)ccc1OCc1cccc(Cl)c1. The Kier molecular flexibility index (Phi) is 7.69. The van der Waals surface area contributed by atoms with Gasteiger partial charge in [0.15, 0.2) is 0 Å². The molecule has 0 saturated carbocycles. The van der Waals surface area contributed by atoms with Gasteiger partial charge >= 0.3 is 0 Å². The molecule has 0 aromatic heterocycles. The molecule has 2 aromatic rings. The Bertz CT molecular complexity index is 620. The Hall–Kier alpha value is -1.26. The molecule has 2 aromatic carbocycles. The van der Waals surface area contributed by atoms with E-state index in [1.807, 2.05) is 49.5 Å². The average Bonchev–Trinajstić information content (AvgIpc) is 2.54. The molecular weight excluding hydrogens is 331 g/mol. The van der Waals surface area contributed by atoms with Crippen molar-refractivity contribution in [3.8, 4) is 5.75 Å². The Labute approximate surface area is 147 Å². The van der Waals surface area contributed by atoms with Crippen molar-refractivity contribution in [2.75, 3.05) is 20.1 Å². The number of rotatable bonds is 9. The molecule has 0 unspecified atom stereocenters. The van der Waals surface area contributed by atoms with Crippen LogP contribution in [0, 0.1) is 0 Å². The zero-order chi connectivity index (χ0) is 16.5. The number of nitrogens with one attached hydrogen (secondary N) is 2. The zero-order valence-corrected chi connectivity index (χ0v) is 14.8. The van der Waals surface area contributed by atoms with Crippen molar-refractivity contribution >= 4 is 23.2 Å². The van der Waals surface area contributed by atoms with Gasteiger partial charge in [0.2, 0.25) is 0 Å². The maximum atomic E-state index is 6.11. The van der Waals surface area contributed by atoms with E-state index in [0.717, 1.165) is 42.9 Å². The average molecular weight is 353 g/mol. The lowest BCUT2D eigenvalue weighted by Crippen LogP contribution is -2.19. The van der Waals surface area contributed by atoms with Crippen LogP contribution >= 0.6 is 23.2 Å². The van der Waals surface area contributed by atoms with E-state index in [0.29, 0.717) is 16.7 Å². The summed E-state index contributed by atoms with van der Waals surface area (Å²) in [5.74, 6) is 0.843. The number of ether oxygens (including phenoxy) is 1. The van der Waals surface area contributed by atoms with Gasteiger partial charge in [-0.2, -0.15) is 0 Å². The van der Waals surface area contributed by atoms with Crippen molar-refractivity contribution in [2.45, 2.75) is 19.6 Å². The number of hydrogen-bond donors (Lipinski definition) is 2. The second kappa shape index (κ2) is 9.78. The van der Waals surface area contributed by atoms with Gasteiger partial charge in [-0.15, -0.1) is 0 Å². The smallest absolute Gasteiger partial charge is 0.124 e. The first-order valence-electron chi connectivity index (χ1n) is 7.70. The minimum Gasteiger partial charge on any atom is -0.489 e. The van der Waals surface area contributed by atoms with Crippen molar-refractivity contribution in [1.82, 2.24) is 10.6 Å². The second-order valence-corrected chi connectivity index (χ2v) is 6.18. The lowest BCUT2D eigenvalue weighted by molar-refractivity contribution is 0.302. The summed E-state index contributed by atoms with van der Waals surface area (Å²) in [4.78, 5) is 0. The fourth-order valence-electron chi connectivity index (χ4n) is 2.23. The van der Waals surface area contributed by atoms with Gasteiger partial charge in [0.1, 0.15) is 12.4 Å². The van der Waals surface area contributed by atoms with E-state index in [9.17, 15) is 0 Å². The molecule has 0 radical (unpaired) electrons. The molecule has 23 heavy (non-hydrogen) atoms. The highest BCUT2D eigenvalue weighted by Gasteiger charge is 2.06. The molecule has 0 saturated heterocycles. The molecule has 0 heterocycles. The molecule has 0 aliphatic heterocycles. The van der Waals surface area contributed by atoms with Crippen LogP contribution in [0.1, 0.15) is 17.5 Å². The van der Waals surface area contributed by atoms with E-state index in [1.165, 1.54) is 0 Å². The Balaban J connectivity index is 1.94. The summed E-state index contributed by atoms with van der Waals surface area (Å²) in [5, 5.41) is 7.98. The largest absolute Gasteiger partial charge is 0.489 e. The summed E-state index contributed by atoms with van der Waals surface area (Å²) >= 11 is 12.1. The van der Waals surface area contributed by atoms with E-state index >= 15 is 0 Å². The van der Waals surface area contributed by atoms with Crippen LogP contribution in [0.3, 0.4) is 0 Å². The first-order valence-corrected chi connectivity index (χ1v) is 8.45. The summed E-state index contributed by atoms with van der Waals surface area (Å²) in [5.41, 5.74) is 2.10. The molecule has 0 aliphatic rings. The summed E-state index contributed by atoms with van der Waals surface area (Å²) in [6.45, 7) is 3.16. The van der Waals surface area contributed by atoms with Crippen molar-refractivity contribution in [3.05, 3.63) is 63.6 Å². The zero-order valence-electron chi connectivity index (χ0n) is 13.2. The Morgan fingerprint density at radius 1 is 1.00 bits per heavy atom. The number of halogens is 2. The maximum Gasteiger partial charge on any atom is 0.124 e. The molecular formula is C18H22Cl2N2O. The van der Waals surface area contributed by atoms with Crippen LogP contribution in [0.25, 0.3) is 0 Å². The molecule has 124 valence electrons. The third-order valence-corrected chi connectivity index (χ3v) is 3.87. The third-order valence-electron chi connectivity index (χ3n) is 3.40. The van der Waals surface area contributed by atoms with E-state index in [2.05, 4.69) is 10.6 Å². The van der Waals surface area contributed by atoms with Gasteiger partial charge in [0, 0.05) is 22.2 Å². The minimum absolute atomic E-state index is 0.481. The third kappa shape index (κ3) is 6.40. The highest BCUT2D eigenvalue weighted by molar-refractivity contribution is 6.30. The molecule has 0 aliphatic carbocycles. The highest BCUT2D eigenvalue weighted by Crippen LogP contribution is 2.24. The predicted molar refractivity (Wildman–Crippen MR) is 97.5 cm³/mol. The van der Waals surface area contributed by atoms with E-state index in [1.54, 1.807) is 0 Å². The summed E-state index contributed by atoms with van der Waals surface area (Å²) in [6, 6.07) is 13.4. The fourth-order valence-corrected chi connectivity index (χ4v) is 2.64. The number of hydrogen-bond acceptors (Lipinski definition) is 3. The van der Waals surface area contributed by atoms with E-state index in [4.69, 9.17) is 27.9 Å². The quantitative estimate of drug-likeness (QED) is 0.661. The van der Waals surface area contributed by atoms with Crippen molar-refractivity contribution < 1.29 is 4.74 Å². The van der Waals surface area contributed by atoms with Crippen LogP contribution in [-0.2, 0) is 13.2 Å². The minimum atomic E-state index is 0.481. The summed E-state index contributed by atoms with van der Waals surface area (Å²) in [7, 11) is 1.96. The fraction of sp³-hybridized carbons (Fsp3) is 0.333. The van der Waals surface area contributed by atoms with Gasteiger partial charge in [0.05, 0.1) is 0 Å². The topological polar surface area (TPSA) is 33.3 Å². The molecule has 0 bridgehead atoms. The van der Waals surface area contributed by atoms with E-state index in [-0.39, 0.29) is 0 Å². The van der Waals surface area contributed by atoms with Crippen LogP contribution in [0.5, 0.6) is 5.75 Å².